The molecule has 1 aliphatic rings. The highest BCUT2D eigenvalue weighted by Gasteiger charge is 2.15. The van der Waals surface area contributed by atoms with Crippen LogP contribution in [-0.2, 0) is 11.3 Å². The Morgan fingerprint density at radius 2 is 2.18 bits per heavy atom. The van der Waals surface area contributed by atoms with Gasteiger partial charge in [-0.1, -0.05) is 0 Å². The lowest BCUT2D eigenvalue weighted by atomic mass is 10.1. The van der Waals surface area contributed by atoms with Gasteiger partial charge in [0.25, 0.3) is 0 Å². The molecule has 4 nitrogen and oxygen atoms in total. The third kappa shape index (κ3) is 3.41. The second kappa shape index (κ2) is 5.98. The first-order valence-electron chi connectivity index (χ1n) is 6.11. The Morgan fingerprint density at radius 3 is 2.88 bits per heavy atom. The monoisotopic (exact) mass is 236 g/mol. The second-order valence-electron chi connectivity index (χ2n) is 4.42. The Kier molecular flexibility index (Phi) is 4.34. The first-order valence-corrected chi connectivity index (χ1v) is 6.11. The number of hydrogen-bond acceptors (Lipinski definition) is 4. The van der Waals surface area contributed by atoms with Gasteiger partial charge >= 0.3 is 0 Å². The number of piperidine rings is 1. The summed E-state index contributed by atoms with van der Waals surface area (Å²) in [5.41, 5.74) is 2.10. The van der Waals surface area contributed by atoms with E-state index in [2.05, 4.69) is 10.3 Å². The van der Waals surface area contributed by atoms with Crippen molar-refractivity contribution >= 4 is 0 Å². The van der Waals surface area contributed by atoms with E-state index in [9.17, 15) is 0 Å². The lowest BCUT2D eigenvalue weighted by molar-refractivity contribution is 0.159. The second-order valence-corrected chi connectivity index (χ2v) is 4.42. The summed E-state index contributed by atoms with van der Waals surface area (Å²) in [5.74, 6) is 0.856. The maximum absolute atomic E-state index is 5.94. The molecule has 0 atom stereocenters. The lowest BCUT2D eigenvalue weighted by Gasteiger charge is -2.24. The van der Waals surface area contributed by atoms with E-state index in [0.717, 1.165) is 42.9 Å². The van der Waals surface area contributed by atoms with E-state index in [4.69, 9.17) is 9.47 Å². The molecule has 1 fully saturated rings. The van der Waals surface area contributed by atoms with Crippen molar-refractivity contribution in [1.82, 2.24) is 10.3 Å². The van der Waals surface area contributed by atoms with Gasteiger partial charge in [-0.3, -0.25) is 4.98 Å². The summed E-state index contributed by atoms with van der Waals surface area (Å²) in [5, 5.41) is 3.33. The maximum atomic E-state index is 5.94. The number of aryl methyl sites for hydroxylation is 1. The Morgan fingerprint density at radius 1 is 1.41 bits per heavy atom. The molecule has 4 heteroatoms. The van der Waals surface area contributed by atoms with Gasteiger partial charge in [-0.2, -0.15) is 0 Å². The Labute approximate surface area is 102 Å². The smallest absolute Gasteiger partial charge is 0.138 e. The molecule has 0 aliphatic carbocycles. The van der Waals surface area contributed by atoms with Gasteiger partial charge in [0.1, 0.15) is 11.9 Å². The molecule has 0 unspecified atom stereocenters. The minimum absolute atomic E-state index is 0.316. The van der Waals surface area contributed by atoms with Crippen LogP contribution in [0.1, 0.15) is 24.1 Å². The lowest BCUT2D eigenvalue weighted by Crippen LogP contribution is -2.34. The van der Waals surface area contributed by atoms with E-state index in [0.29, 0.717) is 12.7 Å². The Balaban J connectivity index is 2.02. The molecule has 1 aromatic heterocycles. The molecular weight excluding hydrogens is 216 g/mol. The number of nitrogens with one attached hydrogen (secondary N) is 1. The first kappa shape index (κ1) is 12.3. The van der Waals surface area contributed by atoms with E-state index in [1.807, 2.05) is 13.0 Å². The van der Waals surface area contributed by atoms with Crippen LogP contribution in [0.2, 0.25) is 0 Å². The van der Waals surface area contributed by atoms with Crippen LogP contribution in [0, 0.1) is 6.92 Å². The van der Waals surface area contributed by atoms with Crippen LogP contribution < -0.4 is 10.1 Å². The number of nitrogens with zero attached hydrogens (tertiary/aromatic N) is 1. The highest BCUT2D eigenvalue weighted by molar-refractivity contribution is 5.28. The van der Waals surface area contributed by atoms with Gasteiger partial charge in [-0.15, -0.1) is 0 Å². The van der Waals surface area contributed by atoms with E-state index >= 15 is 0 Å². The van der Waals surface area contributed by atoms with Crippen LogP contribution in [0.25, 0.3) is 0 Å². The van der Waals surface area contributed by atoms with Crippen molar-refractivity contribution in [2.45, 2.75) is 32.5 Å². The normalized spacial score (nSPS) is 17.1. The molecule has 17 heavy (non-hydrogen) atoms. The van der Waals surface area contributed by atoms with Gasteiger partial charge in [0.15, 0.2) is 0 Å². The van der Waals surface area contributed by atoms with Gasteiger partial charge in [-0.25, -0.2) is 0 Å². The Hall–Kier alpha value is -1.13. The fourth-order valence-corrected chi connectivity index (χ4v) is 2.03. The molecule has 2 rings (SSSR count). The molecule has 1 N–H and O–H groups in total. The molecule has 1 saturated heterocycles. The fourth-order valence-electron chi connectivity index (χ4n) is 2.03. The molecule has 1 aromatic rings. The van der Waals surface area contributed by atoms with Gasteiger partial charge in [0.05, 0.1) is 12.8 Å². The topological polar surface area (TPSA) is 43.4 Å². The molecule has 2 heterocycles. The summed E-state index contributed by atoms with van der Waals surface area (Å²) in [6.45, 7) is 4.65. The van der Waals surface area contributed by atoms with Crippen LogP contribution in [-0.4, -0.2) is 31.3 Å². The average Bonchev–Trinajstić information content (AvgIpc) is 2.35. The third-order valence-electron chi connectivity index (χ3n) is 3.06. The molecule has 0 amide bonds. The molecule has 0 saturated carbocycles. The van der Waals surface area contributed by atoms with E-state index in [1.165, 1.54) is 0 Å². The van der Waals surface area contributed by atoms with E-state index in [-0.39, 0.29) is 0 Å². The number of ether oxygens (including phenoxy) is 2. The van der Waals surface area contributed by atoms with Gasteiger partial charge in [-0.05, 0) is 38.9 Å². The Bertz CT molecular complexity index is 362. The number of hydrogen-bond donors (Lipinski definition) is 1. The van der Waals surface area contributed by atoms with Gasteiger partial charge < -0.3 is 14.8 Å². The molecule has 0 bridgehead atoms. The zero-order valence-corrected chi connectivity index (χ0v) is 10.5. The van der Waals surface area contributed by atoms with Crippen molar-refractivity contribution in [2.75, 3.05) is 20.2 Å². The summed E-state index contributed by atoms with van der Waals surface area (Å²) in [6.07, 6.45) is 4.24. The summed E-state index contributed by atoms with van der Waals surface area (Å²) >= 11 is 0. The van der Waals surface area contributed by atoms with Crippen molar-refractivity contribution in [1.29, 1.82) is 0 Å². The van der Waals surface area contributed by atoms with E-state index < -0.39 is 0 Å². The number of methoxy groups -OCH3 is 1. The summed E-state index contributed by atoms with van der Waals surface area (Å²) in [4.78, 5) is 4.34. The highest BCUT2D eigenvalue weighted by Crippen LogP contribution is 2.19. The molecule has 0 spiro atoms. The average molecular weight is 236 g/mol. The number of rotatable bonds is 4. The van der Waals surface area contributed by atoms with Crippen LogP contribution >= 0.6 is 0 Å². The molecular formula is C13H20N2O2. The van der Waals surface area contributed by atoms with Crippen molar-refractivity contribution in [2.24, 2.45) is 0 Å². The number of pyridine rings is 1. The van der Waals surface area contributed by atoms with Crippen LogP contribution in [0.15, 0.2) is 12.3 Å². The zero-order chi connectivity index (χ0) is 12.1. The highest BCUT2D eigenvalue weighted by atomic mass is 16.5. The summed E-state index contributed by atoms with van der Waals surface area (Å²) in [6, 6.07) is 2.04. The minimum Gasteiger partial charge on any atom is -0.489 e. The van der Waals surface area contributed by atoms with Gasteiger partial charge in [0.2, 0.25) is 0 Å². The van der Waals surface area contributed by atoms with E-state index in [1.54, 1.807) is 13.3 Å². The zero-order valence-electron chi connectivity index (χ0n) is 10.5. The summed E-state index contributed by atoms with van der Waals surface area (Å²) < 4.78 is 11.1. The van der Waals surface area contributed by atoms with Crippen LogP contribution in [0.3, 0.4) is 0 Å². The molecule has 0 radical (unpaired) electrons. The van der Waals surface area contributed by atoms with Crippen molar-refractivity contribution < 1.29 is 9.47 Å². The maximum Gasteiger partial charge on any atom is 0.138 e. The van der Waals surface area contributed by atoms with Crippen molar-refractivity contribution in [3.63, 3.8) is 0 Å². The van der Waals surface area contributed by atoms with Crippen molar-refractivity contribution in [3.8, 4) is 5.75 Å². The SMILES string of the molecule is COCc1cc(OC2CCNCC2)cnc1C. The number of aromatic nitrogens is 1. The fraction of sp³-hybridized carbons (Fsp3) is 0.615. The van der Waals surface area contributed by atoms with Crippen LogP contribution in [0.4, 0.5) is 0 Å². The van der Waals surface area contributed by atoms with Crippen molar-refractivity contribution in [3.05, 3.63) is 23.5 Å². The third-order valence-corrected chi connectivity index (χ3v) is 3.06. The largest absolute Gasteiger partial charge is 0.489 e. The van der Waals surface area contributed by atoms with Gasteiger partial charge in [0, 0.05) is 18.4 Å². The predicted octanol–water partition coefficient (Wildman–Crippen LogP) is 1.67. The standard InChI is InChI=1S/C13H20N2O2/c1-10-11(9-16-2)7-13(8-15-10)17-12-3-5-14-6-4-12/h7-8,12,14H,3-6,9H2,1-2H3. The predicted molar refractivity (Wildman–Crippen MR) is 66.2 cm³/mol. The molecule has 94 valence electrons. The minimum atomic E-state index is 0.316. The molecule has 1 aliphatic heterocycles. The molecule has 0 aromatic carbocycles. The summed E-state index contributed by atoms with van der Waals surface area (Å²) in [7, 11) is 1.69. The van der Waals surface area contributed by atoms with Crippen LogP contribution in [0.5, 0.6) is 5.75 Å². The quantitative estimate of drug-likeness (QED) is 0.863. The first-order chi connectivity index (χ1) is 8.29.